The smallest absolute Gasteiger partial charge is 0.291 e. The number of carbonyl (C=O) groups is 2. The van der Waals surface area contributed by atoms with E-state index in [9.17, 15) is 9.59 Å². The fraction of sp³-hybridized carbons (Fsp3) is 0.808. The monoisotopic (exact) mass is 506 g/mol. The highest BCUT2D eigenvalue weighted by Crippen LogP contribution is 2.53. The number of hydrogen-bond donors (Lipinski definition) is 3. The second-order valence-corrected chi connectivity index (χ2v) is 11.9. The first-order valence-electron chi connectivity index (χ1n) is 13.5. The summed E-state index contributed by atoms with van der Waals surface area (Å²) >= 11 is 1.53. The number of thioether (sulfide) groups is 1. The van der Waals surface area contributed by atoms with Crippen LogP contribution in [0.15, 0.2) is 9.42 Å². The number of hydrogen-bond acceptors (Lipinski definition) is 7. The molecule has 9 heteroatoms. The molecule has 4 N–H and O–H groups in total. The highest BCUT2D eigenvalue weighted by Gasteiger charge is 2.49. The molecule has 1 heterocycles. The molecule has 0 aromatic carbocycles. The fourth-order valence-corrected chi connectivity index (χ4v) is 7.52. The number of nitrogens with zero attached hydrogens (tertiary/aromatic N) is 1. The summed E-state index contributed by atoms with van der Waals surface area (Å²) in [5.41, 5.74) is 4.87. The summed E-state index contributed by atoms with van der Waals surface area (Å²) in [6, 6.07) is 0.230. The van der Waals surface area contributed by atoms with Gasteiger partial charge >= 0.3 is 0 Å². The summed E-state index contributed by atoms with van der Waals surface area (Å²) in [5, 5.41) is 10.4. The predicted molar refractivity (Wildman–Crippen MR) is 136 cm³/mol. The van der Waals surface area contributed by atoms with E-state index in [2.05, 4.69) is 22.7 Å². The van der Waals surface area contributed by atoms with Gasteiger partial charge in [0.15, 0.2) is 0 Å². The van der Waals surface area contributed by atoms with Gasteiger partial charge in [-0.05, 0) is 85.9 Å². The van der Waals surface area contributed by atoms with E-state index in [4.69, 9.17) is 15.0 Å². The second kappa shape index (κ2) is 11.5. The molecule has 1 aromatic rings. The zero-order chi connectivity index (χ0) is 25.0. The molecule has 0 aliphatic heterocycles. The molecule has 0 saturated heterocycles. The van der Waals surface area contributed by atoms with E-state index in [0.717, 1.165) is 24.0 Å². The summed E-state index contributed by atoms with van der Waals surface area (Å²) in [6.45, 7) is 7.04. The van der Waals surface area contributed by atoms with Crippen LogP contribution in [0.1, 0.15) is 82.7 Å². The highest BCUT2D eigenvalue weighted by atomic mass is 32.2. The first kappa shape index (κ1) is 26.3. The maximum atomic E-state index is 13.4. The lowest BCUT2D eigenvalue weighted by atomic mass is 9.54. The Labute approximate surface area is 213 Å². The predicted octanol–water partition coefficient (Wildman–Crippen LogP) is 3.99. The van der Waals surface area contributed by atoms with Crippen LogP contribution in [0.25, 0.3) is 0 Å². The number of nitrogens with one attached hydrogen (secondary N) is 2. The molecule has 8 nitrogen and oxygen atoms in total. The number of ether oxygens (including phenoxy) is 1. The Morgan fingerprint density at radius 1 is 1.11 bits per heavy atom. The van der Waals surface area contributed by atoms with Gasteiger partial charge < -0.3 is 25.6 Å². The molecular formula is C26H42N4O4S. The number of aromatic nitrogens is 1. The quantitative estimate of drug-likeness (QED) is 0.346. The van der Waals surface area contributed by atoms with Crippen molar-refractivity contribution >= 4 is 23.6 Å². The number of rotatable bonds is 13. The van der Waals surface area contributed by atoms with Crippen molar-refractivity contribution in [3.8, 4) is 5.88 Å². The molecule has 4 bridgehead atoms. The summed E-state index contributed by atoms with van der Waals surface area (Å²) < 4.78 is 11.7. The minimum absolute atomic E-state index is 0.0703. The average Bonchev–Trinajstić information content (AvgIpc) is 3.26. The van der Waals surface area contributed by atoms with E-state index < -0.39 is 5.41 Å². The van der Waals surface area contributed by atoms with Crippen LogP contribution < -0.4 is 21.1 Å². The topological polar surface area (TPSA) is 119 Å². The van der Waals surface area contributed by atoms with Crippen LogP contribution in [0.5, 0.6) is 5.88 Å². The maximum absolute atomic E-state index is 13.4. The lowest BCUT2D eigenvalue weighted by Gasteiger charge is -2.54. The van der Waals surface area contributed by atoms with Crippen molar-refractivity contribution in [1.82, 2.24) is 15.8 Å². The molecular weight excluding hydrogens is 464 g/mol. The average molecular weight is 507 g/mol. The van der Waals surface area contributed by atoms with Crippen LogP contribution in [0.2, 0.25) is 0 Å². The molecule has 4 fully saturated rings. The summed E-state index contributed by atoms with van der Waals surface area (Å²) in [6.07, 6.45) is 8.52. The van der Waals surface area contributed by atoms with Gasteiger partial charge in [-0.25, -0.2) is 0 Å². The van der Waals surface area contributed by atoms with Crippen molar-refractivity contribution in [2.75, 3.05) is 25.4 Å². The van der Waals surface area contributed by atoms with Crippen molar-refractivity contribution in [2.45, 2.75) is 83.1 Å². The van der Waals surface area contributed by atoms with Crippen molar-refractivity contribution in [3.05, 3.63) is 5.76 Å². The van der Waals surface area contributed by atoms with E-state index in [1.54, 1.807) is 0 Å². The van der Waals surface area contributed by atoms with Crippen LogP contribution in [0.3, 0.4) is 0 Å². The first-order chi connectivity index (χ1) is 16.9. The molecule has 4 saturated carbocycles. The van der Waals surface area contributed by atoms with Crippen LogP contribution in [0.4, 0.5) is 0 Å². The number of carbonyl (C=O) groups excluding carboxylic acids is 2. The lowest BCUT2D eigenvalue weighted by molar-refractivity contribution is -0.133. The van der Waals surface area contributed by atoms with E-state index in [1.807, 2.05) is 13.8 Å². The minimum Gasteiger partial charge on any atom is -0.474 e. The molecule has 0 unspecified atom stereocenters. The zero-order valence-corrected chi connectivity index (χ0v) is 22.3. The van der Waals surface area contributed by atoms with Gasteiger partial charge in [-0.1, -0.05) is 20.8 Å². The second-order valence-electron chi connectivity index (χ2n) is 10.7. The normalized spacial score (nSPS) is 27.1. The van der Waals surface area contributed by atoms with E-state index in [0.29, 0.717) is 48.5 Å². The van der Waals surface area contributed by atoms with Gasteiger partial charge in [0.2, 0.25) is 11.7 Å². The van der Waals surface area contributed by atoms with Crippen molar-refractivity contribution in [1.29, 1.82) is 0 Å². The van der Waals surface area contributed by atoms with E-state index >= 15 is 0 Å². The minimum atomic E-state index is -0.691. The fourth-order valence-electron chi connectivity index (χ4n) is 6.63. The van der Waals surface area contributed by atoms with Gasteiger partial charge in [0.05, 0.1) is 5.41 Å². The first-order valence-corrected chi connectivity index (χ1v) is 14.5. The van der Waals surface area contributed by atoms with Gasteiger partial charge in [-0.2, -0.15) is 0 Å². The molecule has 4 aliphatic rings. The lowest BCUT2D eigenvalue weighted by Crippen LogP contribution is -2.55. The van der Waals surface area contributed by atoms with Gasteiger partial charge in [0.25, 0.3) is 11.8 Å². The molecule has 196 valence electrons. The van der Waals surface area contributed by atoms with Crippen LogP contribution in [-0.2, 0) is 4.79 Å². The van der Waals surface area contributed by atoms with Crippen molar-refractivity contribution < 1.29 is 18.8 Å². The Kier molecular flexibility index (Phi) is 8.68. The Balaban J connectivity index is 1.47. The van der Waals surface area contributed by atoms with Crippen molar-refractivity contribution in [2.24, 2.45) is 34.8 Å². The third kappa shape index (κ3) is 5.50. The van der Waals surface area contributed by atoms with Gasteiger partial charge in [0, 0.05) is 19.1 Å². The molecule has 35 heavy (non-hydrogen) atoms. The largest absolute Gasteiger partial charge is 0.474 e. The van der Waals surface area contributed by atoms with Gasteiger partial charge in [-0.3, -0.25) is 9.59 Å². The summed E-state index contributed by atoms with van der Waals surface area (Å²) in [7, 11) is 0. The third-order valence-corrected chi connectivity index (χ3v) is 9.81. The Morgan fingerprint density at radius 2 is 1.77 bits per heavy atom. The Bertz CT molecular complexity index is 857. The maximum Gasteiger partial charge on any atom is 0.291 e. The molecule has 5 rings (SSSR count). The van der Waals surface area contributed by atoms with Gasteiger partial charge in [-0.15, -0.1) is 11.8 Å². The van der Waals surface area contributed by atoms with Crippen LogP contribution in [0, 0.1) is 29.1 Å². The summed E-state index contributed by atoms with van der Waals surface area (Å²) in [5.74, 6) is 3.97. The SMILES string of the molecule is CCCSc1c(OCC(CC)(CC)C(=O)NCCN)noc1C(=O)NC1C2CC3CC(C2)CC1C3. The zero-order valence-electron chi connectivity index (χ0n) is 21.4. The Morgan fingerprint density at radius 3 is 2.34 bits per heavy atom. The Hall–Kier alpha value is -1.74. The molecule has 0 atom stereocenters. The number of amides is 2. The van der Waals surface area contributed by atoms with Crippen molar-refractivity contribution in [3.63, 3.8) is 0 Å². The van der Waals surface area contributed by atoms with Gasteiger partial charge in [0.1, 0.15) is 11.5 Å². The molecule has 0 radical (unpaired) electrons. The van der Waals surface area contributed by atoms with E-state index in [-0.39, 0.29) is 30.2 Å². The molecule has 2 amide bonds. The molecule has 4 aliphatic carbocycles. The van der Waals surface area contributed by atoms with Crippen LogP contribution >= 0.6 is 11.8 Å². The standard InChI is InChI=1S/C26H42N4O4S/c1-4-9-35-22-21(23(31)29-20-18-11-16-10-17(13-18)14-19(20)12-16)34-30-24(22)33-15-26(5-2,6-3)25(32)28-8-7-27/h16-20H,4-15,27H2,1-3H3,(H,28,32)(H,29,31). The van der Waals surface area contributed by atoms with Crippen LogP contribution in [-0.4, -0.2) is 48.5 Å². The number of nitrogens with two attached hydrogens (primary N) is 1. The van der Waals surface area contributed by atoms with E-state index in [1.165, 1.54) is 43.9 Å². The third-order valence-electron chi connectivity index (χ3n) is 8.55. The molecule has 0 spiro atoms. The summed E-state index contributed by atoms with van der Waals surface area (Å²) in [4.78, 5) is 26.9. The highest BCUT2D eigenvalue weighted by molar-refractivity contribution is 7.99. The molecule has 1 aromatic heterocycles.